The van der Waals surface area contributed by atoms with Crippen LogP contribution in [0.25, 0.3) is 0 Å². The summed E-state index contributed by atoms with van der Waals surface area (Å²) in [5.74, 6) is -5.80. The van der Waals surface area contributed by atoms with E-state index in [0.29, 0.717) is 49.0 Å². The average Bonchev–Trinajstić information content (AvgIpc) is 2.89. The van der Waals surface area contributed by atoms with Crippen LogP contribution in [0.3, 0.4) is 0 Å². The van der Waals surface area contributed by atoms with Crippen LogP contribution >= 0.6 is 7.82 Å². The number of cyclic esters (lactones) is 1. The third-order valence-electron chi connectivity index (χ3n) is 16.3. The Morgan fingerprint density at radius 2 is 1.40 bits per heavy atom. The van der Waals surface area contributed by atoms with E-state index in [1.54, 1.807) is 61.0 Å². The van der Waals surface area contributed by atoms with E-state index in [0.717, 1.165) is 0 Å². The van der Waals surface area contributed by atoms with Gasteiger partial charge in [-0.1, -0.05) is 97.4 Å². The zero-order valence-electron chi connectivity index (χ0n) is 53.7. The number of nitrogens with two attached hydrogens (primary N) is 1. The van der Waals surface area contributed by atoms with Gasteiger partial charge in [-0.3, -0.25) is 52.3 Å². The first-order valence-corrected chi connectivity index (χ1v) is 31.7. The van der Waals surface area contributed by atoms with Gasteiger partial charge in [0.05, 0.1) is 74.4 Å². The Bertz CT molecular complexity index is 2720. The number of rotatable bonds is 34. The molecule has 2 fully saturated rings. The number of benzene rings is 2. The molecule has 492 valence electrons. The van der Waals surface area contributed by atoms with E-state index >= 15 is 0 Å². The van der Waals surface area contributed by atoms with Gasteiger partial charge in [-0.05, 0) is 88.7 Å². The van der Waals surface area contributed by atoms with Crippen molar-refractivity contribution in [1.29, 1.82) is 0 Å². The van der Waals surface area contributed by atoms with Crippen molar-refractivity contribution in [2.24, 2.45) is 29.4 Å². The number of phosphoric ester groups is 1. The molecular weight excluding hydrogens is 1160 g/mol. The van der Waals surface area contributed by atoms with Gasteiger partial charge < -0.3 is 66.5 Å². The molecule has 1 unspecified atom stereocenters. The third kappa shape index (κ3) is 21.1. The first-order valence-electron chi connectivity index (χ1n) is 30.2. The van der Waals surface area contributed by atoms with Crippen LogP contribution in [-0.2, 0) is 77.6 Å². The minimum absolute atomic E-state index is 0.00826. The highest BCUT2D eigenvalue weighted by Crippen LogP contribution is 2.49. The Hall–Kier alpha value is -6.38. The lowest BCUT2D eigenvalue weighted by Crippen LogP contribution is -2.59. The number of hydrogen-bond acceptors (Lipinski definition) is 17. The number of nitrogens with zero attached hydrogens (tertiary/aromatic N) is 3. The Kier molecular flexibility index (Phi) is 29.1. The number of nitrogens with one attached hydrogen (secondary N) is 6. The fourth-order valence-corrected chi connectivity index (χ4v) is 12.1. The molecule has 0 spiro atoms. The summed E-state index contributed by atoms with van der Waals surface area (Å²) in [4.78, 5) is 136. The van der Waals surface area contributed by atoms with Crippen molar-refractivity contribution in [1.82, 2.24) is 41.3 Å². The molecular formula is C61H97N10O16P. The molecule has 2 aromatic carbocycles. The van der Waals surface area contributed by atoms with E-state index in [9.17, 15) is 52.6 Å². The lowest BCUT2D eigenvalue weighted by atomic mass is 9.89. The predicted molar refractivity (Wildman–Crippen MR) is 328 cm³/mol. The molecule has 0 aliphatic carbocycles. The van der Waals surface area contributed by atoms with Gasteiger partial charge in [0, 0.05) is 39.9 Å². The Labute approximate surface area is 518 Å². The molecule has 4 rings (SSSR count). The largest absolute Gasteiger partial charge is 0.473 e. The molecule has 0 radical (unpaired) electrons. The van der Waals surface area contributed by atoms with Crippen molar-refractivity contribution < 1.29 is 75.9 Å². The number of anilines is 1. The smallest absolute Gasteiger partial charge is 0.464 e. The quantitative estimate of drug-likeness (QED) is 0.0368. The van der Waals surface area contributed by atoms with Crippen molar-refractivity contribution in [3.63, 3.8) is 0 Å². The molecule has 0 saturated carbocycles. The average molecular weight is 1260 g/mol. The van der Waals surface area contributed by atoms with Gasteiger partial charge in [0.15, 0.2) is 0 Å². The number of ether oxygens (including phenoxy) is 3. The summed E-state index contributed by atoms with van der Waals surface area (Å²) in [5, 5.41) is 16.0. The van der Waals surface area contributed by atoms with Crippen LogP contribution in [0.2, 0.25) is 0 Å². The predicted octanol–water partition coefficient (Wildman–Crippen LogP) is 3.31. The number of esters is 1. The molecule has 15 atom stereocenters. The molecule has 2 aliphatic heterocycles. The van der Waals surface area contributed by atoms with Crippen LogP contribution in [0.4, 0.5) is 5.69 Å². The first-order chi connectivity index (χ1) is 41.4. The van der Waals surface area contributed by atoms with Crippen LogP contribution in [0.5, 0.6) is 0 Å². The van der Waals surface area contributed by atoms with Crippen molar-refractivity contribution in [3.05, 3.63) is 65.7 Å². The molecule has 2 aromatic rings. The normalized spacial score (nSPS) is 19.9. The van der Waals surface area contributed by atoms with E-state index in [4.69, 9.17) is 29.0 Å². The van der Waals surface area contributed by atoms with Gasteiger partial charge in [0.1, 0.15) is 30.3 Å². The maximum Gasteiger partial charge on any atom is 0.473 e. The van der Waals surface area contributed by atoms with E-state index in [1.165, 1.54) is 52.3 Å². The molecule has 88 heavy (non-hydrogen) atoms. The minimum atomic E-state index is -4.87. The summed E-state index contributed by atoms with van der Waals surface area (Å²) >= 11 is 0. The van der Waals surface area contributed by atoms with Gasteiger partial charge in [-0.2, -0.15) is 0 Å². The molecule has 2 heterocycles. The Morgan fingerprint density at radius 3 is 1.95 bits per heavy atom. The Morgan fingerprint density at radius 1 is 0.773 bits per heavy atom. The fourth-order valence-electron chi connectivity index (χ4n) is 11.2. The summed E-state index contributed by atoms with van der Waals surface area (Å²) in [5.41, 5.74) is 7.05. The monoisotopic (exact) mass is 1260 g/mol. The number of likely N-dealkylation sites (N-methyl/N-ethyl adjacent to an activating group) is 2. The summed E-state index contributed by atoms with van der Waals surface area (Å²) < 4.78 is 41.9. The standard InChI is InChI=1S/C61H97N10O16P/c1-16-36(6)52(70(13)60(79)50(34(2)3)68-59(78)51(35(4)5)69(11)12)47(83-14)32-49(73)71-29-20-23-46(71)53(84-15)37(7)55(74)63-38(8)54(42-21-18-17-19-22-42)87-88(81,82)86-33-41-24-26-43(27-25-41)66-57(76)40(10)64-56(75)39(9)65-58(77)44(62)31-48(72)67-45-28-30-85-61(45)80/h17-19,21-22,24-27,34-40,44-47,50-54H,16,20,23,28-33,62H2,1-15H3,(H,63,74)(H,64,75)(H,65,77)(H,66,76)(H,67,72)(H,68,78)(H,81,82)/t36-,37+,38+,39-,40-,44-,45-,46-,47+,50-,51-,52-,53+,54+/m0/s1. The second-order valence-corrected chi connectivity index (χ2v) is 25.4. The second kappa shape index (κ2) is 34.6. The van der Waals surface area contributed by atoms with Crippen molar-refractivity contribution >= 4 is 66.7 Å². The number of amides is 8. The third-order valence-corrected chi connectivity index (χ3v) is 17.2. The zero-order chi connectivity index (χ0) is 65.9. The second-order valence-electron chi connectivity index (χ2n) is 24.0. The lowest BCUT2D eigenvalue weighted by Gasteiger charge is -2.41. The van der Waals surface area contributed by atoms with Gasteiger partial charge in [-0.15, -0.1) is 0 Å². The fraction of sp³-hybridized carbons (Fsp3) is 0.656. The molecule has 2 saturated heterocycles. The van der Waals surface area contributed by atoms with E-state index in [-0.39, 0.29) is 48.5 Å². The van der Waals surface area contributed by atoms with Gasteiger partial charge >= 0.3 is 13.8 Å². The zero-order valence-corrected chi connectivity index (χ0v) is 54.6. The van der Waals surface area contributed by atoms with Crippen LogP contribution in [0.1, 0.15) is 125 Å². The van der Waals surface area contributed by atoms with Gasteiger partial charge in [0.25, 0.3) is 0 Å². The number of phosphoric acid groups is 1. The van der Waals surface area contributed by atoms with E-state index in [2.05, 4.69) is 31.9 Å². The highest BCUT2D eigenvalue weighted by atomic mass is 31.2. The minimum Gasteiger partial charge on any atom is -0.464 e. The van der Waals surface area contributed by atoms with Crippen LogP contribution in [0.15, 0.2) is 54.6 Å². The van der Waals surface area contributed by atoms with Crippen molar-refractivity contribution in [3.8, 4) is 0 Å². The molecule has 26 nitrogen and oxygen atoms in total. The van der Waals surface area contributed by atoms with Gasteiger partial charge in [0.2, 0.25) is 47.3 Å². The summed E-state index contributed by atoms with van der Waals surface area (Å²) in [6.07, 6.45) is -1.09. The maximum atomic E-state index is 14.5. The Balaban J connectivity index is 1.36. The molecule has 0 aromatic heterocycles. The first kappa shape index (κ1) is 74.1. The van der Waals surface area contributed by atoms with Gasteiger partial charge in [-0.25, -0.2) is 9.36 Å². The van der Waals surface area contributed by atoms with E-state index in [1.807, 2.05) is 60.5 Å². The number of likely N-dealkylation sites (tertiary alicyclic amines) is 1. The number of carbonyl (C=O) groups excluding carboxylic acids is 9. The highest BCUT2D eigenvalue weighted by Gasteiger charge is 2.44. The topological polar surface area (TPSA) is 345 Å². The van der Waals surface area contributed by atoms with Crippen molar-refractivity contribution in [2.75, 3.05) is 53.8 Å². The van der Waals surface area contributed by atoms with Crippen LogP contribution < -0.4 is 37.6 Å². The number of methoxy groups -OCH3 is 2. The summed E-state index contributed by atoms with van der Waals surface area (Å²) in [6, 6.07) is 6.98. The number of hydrogen-bond donors (Lipinski definition) is 8. The van der Waals surface area contributed by atoms with Crippen LogP contribution in [0, 0.1) is 23.7 Å². The molecule has 0 bridgehead atoms. The molecule has 9 N–H and O–H groups in total. The molecule has 2 aliphatic rings. The molecule has 8 amide bonds. The molecule has 27 heteroatoms. The van der Waals surface area contributed by atoms with Crippen LogP contribution in [-0.4, -0.2) is 188 Å². The number of carbonyl (C=O) groups is 9. The SMILES string of the molecule is CC[C@H](C)[C@@H]([C@@H](CC(=O)N1CCC[C@H]1[C@H](OC)[C@@H](C)C(=O)N[C@H](C)[C@@H](OP(=O)(O)OCc1ccc(NC(=O)[C@H](C)NC(=O)[C@H](C)NC(=O)[C@@H](N)CC(=O)N[C@H]2CCOC2=O)cc1)c1ccccc1)OC)N(C)C(=O)[C@@H](NC(=O)[C@H](C(C)C)N(C)C)C(C)C. The highest BCUT2D eigenvalue weighted by molar-refractivity contribution is 7.47. The summed E-state index contributed by atoms with van der Waals surface area (Å²) in [7, 11) is 3.46. The maximum absolute atomic E-state index is 14.5. The van der Waals surface area contributed by atoms with Crippen molar-refractivity contribution in [2.45, 2.75) is 187 Å². The van der Waals surface area contributed by atoms with E-state index < -0.39 is 135 Å². The summed E-state index contributed by atoms with van der Waals surface area (Å²) in [6.45, 7) is 17.9. The lowest BCUT2D eigenvalue weighted by molar-refractivity contribution is -0.148.